The van der Waals surface area contributed by atoms with E-state index in [0.717, 1.165) is 37.8 Å². The predicted molar refractivity (Wildman–Crippen MR) is 111 cm³/mol. The van der Waals surface area contributed by atoms with Crippen molar-refractivity contribution < 1.29 is 14.4 Å². The van der Waals surface area contributed by atoms with Crippen molar-refractivity contribution >= 4 is 29.1 Å². The highest BCUT2D eigenvalue weighted by Gasteiger charge is 2.48. The molecule has 2 heterocycles. The van der Waals surface area contributed by atoms with Crippen LogP contribution in [0.15, 0.2) is 48.5 Å². The fourth-order valence-electron chi connectivity index (χ4n) is 5.18. The molecule has 1 saturated heterocycles. The molecule has 0 radical (unpaired) electrons. The van der Waals surface area contributed by atoms with E-state index >= 15 is 0 Å². The van der Waals surface area contributed by atoms with Gasteiger partial charge < -0.3 is 4.90 Å². The molecular weight excluding hydrogens is 364 g/mol. The predicted octanol–water partition coefficient (Wildman–Crippen LogP) is 3.96. The lowest BCUT2D eigenvalue weighted by atomic mass is 9.81. The van der Waals surface area contributed by atoms with Gasteiger partial charge in [0.2, 0.25) is 11.8 Å². The van der Waals surface area contributed by atoms with Gasteiger partial charge in [0.25, 0.3) is 5.91 Å². The molecule has 1 saturated carbocycles. The second kappa shape index (κ2) is 6.83. The molecule has 5 rings (SSSR count). The normalized spacial score (nSPS) is 25.9. The Morgan fingerprint density at radius 1 is 0.897 bits per heavy atom. The average molecular weight is 388 g/mol. The Morgan fingerprint density at radius 2 is 1.52 bits per heavy atom. The number of nitrogens with zero attached hydrogens (tertiary/aromatic N) is 2. The van der Waals surface area contributed by atoms with Crippen molar-refractivity contribution in [3.8, 4) is 0 Å². The largest absolute Gasteiger partial charge is 0.305 e. The zero-order chi connectivity index (χ0) is 20.1. The van der Waals surface area contributed by atoms with Gasteiger partial charge in [-0.15, -0.1) is 0 Å². The van der Waals surface area contributed by atoms with Crippen LogP contribution >= 0.6 is 0 Å². The molecule has 2 aromatic rings. The summed E-state index contributed by atoms with van der Waals surface area (Å²) in [6, 6.07) is 15.0. The van der Waals surface area contributed by atoms with Gasteiger partial charge in [0.1, 0.15) is 0 Å². The highest BCUT2D eigenvalue weighted by atomic mass is 16.2. The topological polar surface area (TPSA) is 57.7 Å². The van der Waals surface area contributed by atoms with Gasteiger partial charge in [0.05, 0.1) is 17.5 Å². The molecule has 3 aliphatic rings. The van der Waals surface area contributed by atoms with E-state index in [0.29, 0.717) is 11.3 Å². The van der Waals surface area contributed by atoms with E-state index in [1.807, 2.05) is 23.1 Å². The van der Waals surface area contributed by atoms with Crippen molar-refractivity contribution in [3.05, 3.63) is 59.7 Å². The van der Waals surface area contributed by atoms with Gasteiger partial charge in [-0.25, -0.2) is 0 Å². The third-order valence-electron chi connectivity index (χ3n) is 6.64. The number of anilines is 2. The first kappa shape index (κ1) is 18.1. The second-order valence-corrected chi connectivity index (χ2v) is 8.41. The first-order chi connectivity index (χ1) is 14.1. The summed E-state index contributed by atoms with van der Waals surface area (Å²) < 4.78 is 0. The van der Waals surface area contributed by atoms with E-state index in [1.165, 1.54) is 10.5 Å². The minimum absolute atomic E-state index is 0.0539. The van der Waals surface area contributed by atoms with Gasteiger partial charge >= 0.3 is 0 Å². The molecule has 2 fully saturated rings. The molecule has 148 valence electrons. The van der Waals surface area contributed by atoms with Gasteiger partial charge in [-0.3, -0.25) is 19.3 Å². The molecule has 0 unspecified atom stereocenters. The molecule has 3 amide bonds. The quantitative estimate of drug-likeness (QED) is 0.732. The number of amides is 3. The lowest BCUT2D eigenvalue weighted by Crippen LogP contribution is -2.35. The van der Waals surface area contributed by atoms with Gasteiger partial charge in [-0.05, 0) is 62.1 Å². The van der Waals surface area contributed by atoms with Crippen molar-refractivity contribution in [1.82, 2.24) is 0 Å². The minimum Gasteiger partial charge on any atom is -0.305 e. The average Bonchev–Trinajstić information content (AvgIpc) is 3.21. The van der Waals surface area contributed by atoms with Crippen molar-refractivity contribution in [2.24, 2.45) is 11.8 Å². The highest BCUT2D eigenvalue weighted by Crippen LogP contribution is 2.40. The smallest absolute Gasteiger partial charge is 0.258 e. The van der Waals surface area contributed by atoms with Crippen LogP contribution in [0.5, 0.6) is 0 Å². The van der Waals surface area contributed by atoms with Gasteiger partial charge in [-0.1, -0.05) is 31.0 Å². The number of fused-ring (bicyclic) bond motifs is 2. The van der Waals surface area contributed by atoms with Crippen molar-refractivity contribution in [2.45, 2.75) is 45.1 Å². The zero-order valence-corrected chi connectivity index (χ0v) is 16.5. The Balaban J connectivity index is 1.40. The van der Waals surface area contributed by atoms with Crippen LogP contribution in [0.1, 0.15) is 48.5 Å². The third-order valence-corrected chi connectivity index (χ3v) is 6.64. The fourth-order valence-corrected chi connectivity index (χ4v) is 5.18. The van der Waals surface area contributed by atoms with E-state index in [4.69, 9.17) is 0 Å². The number of hydrogen-bond acceptors (Lipinski definition) is 3. The molecule has 3 atom stereocenters. The first-order valence-corrected chi connectivity index (χ1v) is 10.5. The maximum absolute atomic E-state index is 13.2. The summed E-state index contributed by atoms with van der Waals surface area (Å²) in [6.45, 7) is 2.05. The number of carbonyl (C=O) groups is 3. The van der Waals surface area contributed by atoms with E-state index < -0.39 is 0 Å². The van der Waals surface area contributed by atoms with Crippen LogP contribution in [0.25, 0.3) is 0 Å². The molecule has 2 aliphatic heterocycles. The van der Waals surface area contributed by atoms with E-state index in [1.54, 1.807) is 24.3 Å². The number of benzene rings is 2. The monoisotopic (exact) mass is 388 g/mol. The number of rotatable bonds is 2. The van der Waals surface area contributed by atoms with Crippen molar-refractivity contribution in [3.63, 3.8) is 0 Å². The van der Waals surface area contributed by atoms with Crippen LogP contribution in [0.4, 0.5) is 11.4 Å². The molecule has 0 aromatic heterocycles. The van der Waals surface area contributed by atoms with Crippen molar-refractivity contribution in [2.75, 3.05) is 9.80 Å². The second-order valence-electron chi connectivity index (χ2n) is 8.41. The third kappa shape index (κ3) is 2.79. The summed E-state index contributed by atoms with van der Waals surface area (Å²) in [7, 11) is 0. The number of para-hydroxylation sites is 1. The minimum atomic E-state index is -0.167. The van der Waals surface area contributed by atoms with E-state index in [9.17, 15) is 14.4 Å². The molecule has 2 aromatic carbocycles. The molecular formula is C24H24N2O3. The maximum atomic E-state index is 13.2. The highest BCUT2D eigenvalue weighted by molar-refractivity contribution is 6.22. The number of hydrogen-bond donors (Lipinski definition) is 0. The molecule has 0 N–H and O–H groups in total. The SMILES string of the molecule is C[C@@H]1Cc2ccccc2N1C(=O)c1ccc(N2C(=O)[C@H]3CCCC[C@@H]3C2=O)cc1. The number of carbonyl (C=O) groups excluding carboxylic acids is 3. The summed E-state index contributed by atoms with van der Waals surface area (Å²) in [5, 5.41) is 0. The zero-order valence-electron chi connectivity index (χ0n) is 16.5. The Hall–Kier alpha value is -2.95. The Kier molecular flexibility index (Phi) is 4.26. The fraction of sp³-hybridized carbons (Fsp3) is 0.375. The van der Waals surface area contributed by atoms with Gasteiger partial charge in [-0.2, -0.15) is 0 Å². The van der Waals surface area contributed by atoms with Crippen LogP contribution in [-0.2, 0) is 16.0 Å². The lowest BCUT2D eigenvalue weighted by molar-refractivity contribution is -0.122. The van der Waals surface area contributed by atoms with E-state index in [-0.39, 0.29) is 35.6 Å². The Morgan fingerprint density at radius 3 is 2.17 bits per heavy atom. The molecule has 29 heavy (non-hydrogen) atoms. The standard InChI is InChI=1S/C24H24N2O3/c1-15-14-17-6-2-5-9-21(17)25(15)22(27)16-10-12-18(13-11-16)26-23(28)19-7-3-4-8-20(19)24(26)29/h2,5-6,9-13,15,19-20H,3-4,7-8,14H2,1H3/t15-,19+,20+/m1/s1. The summed E-state index contributed by atoms with van der Waals surface area (Å²) in [5.41, 5.74) is 3.28. The molecule has 0 bridgehead atoms. The summed E-state index contributed by atoms with van der Waals surface area (Å²) in [5.74, 6) is -0.553. The Bertz CT molecular complexity index is 973. The summed E-state index contributed by atoms with van der Waals surface area (Å²) in [6.07, 6.45) is 4.47. The molecule has 5 heteroatoms. The van der Waals surface area contributed by atoms with Crippen molar-refractivity contribution in [1.29, 1.82) is 0 Å². The van der Waals surface area contributed by atoms with Gasteiger partial charge in [0.15, 0.2) is 0 Å². The maximum Gasteiger partial charge on any atom is 0.258 e. The molecule has 0 spiro atoms. The number of imide groups is 1. The lowest BCUT2D eigenvalue weighted by Gasteiger charge is -2.23. The van der Waals surface area contributed by atoms with Crippen LogP contribution in [0.3, 0.4) is 0 Å². The molecule has 1 aliphatic carbocycles. The van der Waals surface area contributed by atoms with Gasteiger partial charge in [0, 0.05) is 17.3 Å². The van der Waals surface area contributed by atoms with Crippen LogP contribution in [0, 0.1) is 11.8 Å². The Labute approximate surface area is 170 Å². The molecule has 5 nitrogen and oxygen atoms in total. The van der Waals surface area contributed by atoms with Crippen LogP contribution < -0.4 is 9.80 Å². The van der Waals surface area contributed by atoms with E-state index in [2.05, 4.69) is 13.0 Å². The van der Waals surface area contributed by atoms with Crippen LogP contribution in [0.2, 0.25) is 0 Å². The van der Waals surface area contributed by atoms with Crippen LogP contribution in [-0.4, -0.2) is 23.8 Å². The first-order valence-electron chi connectivity index (χ1n) is 10.5. The summed E-state index contributed by atoms with van der Waals surface area (Å²) in [4.78, 5) is 41.9. The summed E-state index contributed by atoms with van der Waals surface area (Å²) >= 11 is 0.